The second kappa shape index (κ2) is 4.98. The molecule has 0 aromatic carbocycles. The van der Waals surface area contributed by atoms with Crippen LogP contribution in [0, 0.1) is 20.8 Å². The zero-order valence-electron chi connectivity index (χ0n) is 11.0. The lowest BCUT2D eigenvalue weighted by Gasteiger charge is -2.10. The lowest BCUT2D eigenvalue weighted by atomic mass is 10.2. The number of furan rings is 1. The number of carbonyl (C=O) groups excluding carboxylic acids is 1. The Morgan fingerprint density at radius 3 is 2.56 bits per heavy atom. The third kappa shape index (κ3) is 2.64. The molecular formula is C14H17NO2S. The van der Waals surface area contributed by atoms with Crippen LogP contribution in [0.1, 0.15) is 44.6 Å². The van der Waals surface area contributed by atoms with Gasteiger partial charge in [0.05, 0.1) is 10.9 Å². The molecule has 1 amide bonds. The maximum absolute atomic E-state index is 12.1. The molecule has 0 saturated carbocycles. The number of carbonyl (C=O) groups is 1. The number of hydrogen-bond acceptors (Lipinski definition) is 3. The summed E-state index contributed by atoms with van der Waals surface area (Å²) in [5.41, 5.74) is 1.16. The first-order valence-electron chi connectivity index (χ1n) is 5.91. The topological polar surface area (TPSA) is 42.2 Å². The highest BCUT2D eigenvalue weighted by atomic mass is 32.1. The second-order valence-electron chi connectivity index (χ2n) is 4.49. The van der Waals surface area contributed by atoms with Crippen LogP contribution in [0.2, 0.25) is 0 Å². The Balaban J connectivity index is 2.07. The number of rotatable bonds is 3. The van der Waals surface area contributed by atoms with Crippen LogP contribution in [0.25, 0.3) is 0 Å². The average molecular weight is 263 g/mol. The van der Waals surface area contributed by atoms with Crippen LogP contribution < -0.4 is 5.32 Å². The van der Waals surface area contributed by atoms with Gasteiger partial charge in [-0.3, -0.25) is 4.79 Å². The summed E-state index contributed by atoms with van der Waals surface area (Å²) in [5.74, 6) is 1.59. The number of nitrogens with one attached hydrogen (secondary N) is 1. The molecule has 1 N–H and O–H groups in total. The summed E-state index contributed by atoms with van der Waals surface area (Å²) in [5, 5.41) is 2.94. The largest absolute Gasteiger partial charge is 0.464 e. The Morgan fingerprint density at radius 2 is 2.06 bits per heavy atom. The van der Waals surface area contributed by atoms with E-state index in [4.69, 9.17) is 4.42 Å². The molecule has 0 spiro atoms. The fourth-order valence-corrected chi connectivity index (χ4v) is 2.65. The van der Waals surface area contributed by atoms with Gasteiger partial charge >= 0.3 is 0 Å². The SMILES string of the molecule is Cc1ccc([C@@H](C)NC(=O)c2cc(C)c(C)s2)o1. The quantitative estimate of drug-likeness (QED) is 0.916. The summed E-state index contributed by atoms with van der Waals surface area (Å²) in [6.45, 7) is 7.85. The van der Waals surface area contributed by atoms with E-state index in [0.29, 0.717) is 0 Å². The molecule has 4 heteroatoms. The van der Waals surface area contributed by atoms with Crippen molar-refractivity contribution in [1.29, 1.82) is 0 Å². The number of aryl methyl sites for hydroxylation is 3. The van der Waals surface area contributed by atoms with Crippen molar-refractivity contribution in [2.45, 2.75) is 33.7 Å². The van der Waals surface area contributed by atoms with E-state index in [1.165, 1.54) is 16.2 Å². The van der Waals surface area contributed by atoms with Gasteiger partial charge < -0.3 is 9.73 Å². The van der Waals surface area contributed by atoms with E-state index in [2.05, 4.69) is 5.32 Å². The molecule has 96 valence electrons. The first kappa shape index (κ1) is 12.9. The molecule has 0 aliphatic carbocycles. The van der Waals surface area contributed by atoms with Gasteiger partial charge in [-0.1, -0.05) is 0 Å². The predicted octanol–water partition coefficient (Wildman–Crippen LogP) is 3.76. The summed E-state index contributed by atoms with van der Waals surface area (Å²) < 4.78 is 5.50. The molecule has 2 aromatic heterocycles. The Kier molecular flexibility index (Phi) is 3.57. The smallest absolute Gasteiger partial charge is 0.261 e. The van der Waals surface area contributed by atoms with Gasteiger partial charge in [0.15, 0.2) is 0 Å². The first-order chi connectivity index (χ1) is 8.47. The van der Waals surface area contributed by atoms with Crippen LogP contribution in [0.3, 0.4) is 0 Å². The standard InChI is InChI=1S/C14H17NO2S/c1-8-7-13(18-11(8)4)14(16)15-10(3)12-6-5-9(2)17-12/h5-7,10H,1-4H3,(H,15,16)/t10-/m1/s1. The fraction of sp³-hybridized carbons (Fsp3) is 0.357. The normalized spacial score (nSPS) is 12.4. The molecular weight excluding hydrogens is 246 g/mol. The summed E-state index contributed by atoms with van der Waals surface area (Å²) in [4.78, 5) is 14.0. The van der Waals surface area contributed by atoms with Gasteiger partial charge in [0, 0.05) is 4.88 Å². The number of hydrogen-bond donors (Lipinski definition) is 1. The van der Waals surface area contributed by atoms with Crippen molar-refractivity contribution in [3.8, 4) is 0 Å². The molecule has 0 fully saturated rings. The third-order valence-electron chi connectivity index (χ3n) is 2.93. The Labute approximate surface area is 111 Å². The molecule has 18 heavy (non-hydrogen) atoms. The van der Waals surface area contributed by atoms with Gasteiger partial charge in [0.25, 0.3) is 5.91 Å². The Hall–Kier alpha value is -1.55. The zero-order chi connectivity index (χ0) is 13.3. The van der Waals surface area contributed by atoms with E-state index in [1.54, 1.807) is 0 Å². The summed E-state index contributed by atoms with van der Waals surface area (Å²) in [6, 6.07) is 5.60. The summed E-state index contributed by atoms with van der Waals surface area (Å²) in [6.07, 6.45) is 0. The molecule has 0 unspecified atom stereocenters. The van der Waals surface area contributed by atoms with Gasteiger partial charge in [-0.15, -0.1) is 11.3 Å². The molecule has 0 saturated heterocycles. The molecule has 0 bridgehead atoms. The monoisotopic (exact) mass is 263 g/mol. The molecule has 2 rings (SSSR count). The number of thiophene rings is 1. The molecule has 2 aromatic rings. The molecule has 0 aliphatic rings. The van der Waals surface area contributed by atoms with E-state index < -0.39 is 0 Å². The van der Waals surface area contributed by atoms with Crippen LogP contribution in [-0.2, 0) is 0 Å². The molecule has 3 nitrogen and oxygen atoms in total. The van der Waals surface area contributed by atoms with Crippen molar-refractivity contribution in [1.82, 2.24) is 5.32 Å². The van der Waals surface area contributed by atoms with Crippen LogP contribution in [0.4, 0.5) is 0 Å². The third-order valence-corrected chi connectivity index (χ3v) is 4.08. The maximum atomic E-state index is 12.1. The van der Waals surface area contributed by atoms with Crippen molar-refractivity contribution < 1.29 is 9.21 Å². The van der Waals surface area contributed by atoms with Crippen LogP contribution in [-0.4, -0.2) is 5.91 Å². The highest BCUT2D eigenvalue weighted by Crippen LogP contribution is 2.22. The Morgan fingerprint density at radius 1 is 1.33 bits per heavy atom. The second-order valence-corrected chi connectivity index (χ2v) is 5.75. The summed E-state index contributed by atoms with van der Waals surface area (Å²) in [7, 11) is 0. The minimum atomic E-state index is -0.117. The summed E-state index contributed by atoms with van der Waals surface area (Å²) >= 11 is 1.52. The minimum absolute atomic E-state index is 0.0437. The lowest BCUT2D eigenvalue weighted by Crippen LogP contribution is -2.25. The number of amides is 1. The van der Waals surface area contributed by atoms with Crippen LogP contribution in [0.5, 0.6) is 0 Å². The predicted molar refractivity (Wildman–Crippen MR) is 73.1 cm³/mol. The highest BCUT2D eigenvalue weighted by molar-refractivity contribution is 7.14. The van der Waals surface area contributed by atoms with Crippen molar-refractivity contribution >= 4 is 17.2 Å². The Bertz CT molecular complexity index is 549. The van der Waals surface area contributed by atoms with E-state index >= 15 is 0 Å². The lowest BCUT2D eigenvalue weighted by molar-refractivity contribution is 0.0939. The molecule has 1 atom stereocenters. The van der Waals surface area contributed by atoms with Crippen molar-refractivity contribution in [2.75, 3.05) is 0 Å². The van der Waals surface area contributed by atoms with Crippen molar-refractivity contribution in [3.05, 3.63) is 45.0 Å². The van der Waals surface area contributed by atoms with Gasteiger partial charge in [0.2, 0.25) is 0 Å². The fourth-order valence-electron chi connectivity index (χ4n) is 1.71. The van der Waals surface area contributed by atoms with E-state index in [1.807, 2.05) is 45.9 Å². The maximum Gasteiger partial charge on any atom is 0.261 e. The average Bonchev–Trinajstić information content (AvgIpc) is 2.86. The molecule has 2 heterocycles. The van der Waals surface area contributed by atoms with Crippen molar-refractivity contribution in [3.63, 3.8) is 0 Å². The van der Waals surface area contributed by atoms with Crippen LogP contribution in [0.15, 0.2) is 22.6 Å². The van der Waals surface area contributed by atoms with Gasteiger partial charge in [0.1, 0.15) is 11.5 Å². The van der Waals surface area contributed by atoms with Gasteiger partial charge in [-0.2, -0.15) is 0 Å². The van der Waals surface area contributed by atoms with E-state index in [0.717, 1.165) is 22.0 Å². The first-order valence-corrected chi connectivity index (χ1v) is 6.73. The van der Waals surface area contributed by atoms with Gasteiger partial charge in [-0.25, -0.2) is 0 Å². The zero-order valence-corrected chi connectivity index (χ0v) is 11.9. The minimum Gasteiger partial charge on any atom is -0.464 e. The van der Waals surface area contributed by atoms with Crippen LogP contribution >= 0.6 is 11.3 Å². The van der Waals surface area contributed by atoms with Crippen molar-refractivity contribution in [2.24, 2.45) is 0 Å². The molecule has 0 aliphatic heterocycles. The van der Waals surface area contributed by atoms with Gasteiger partial charge in [-0.05, 0) is 51.5 Å². The highest BCUT2D eigenvalue weighted by Gasteiger charge is 2.16. The van der Waals surface area contributed by atoms with E-state index in [9.17, 15) is 4.79 Å². The molecule has 0 radical (unpaired) electrons. The van der Waals surface area contributed by atoms with E-state index in [-0.39, 0.29) is 11.9 Å².